The number of alkyl halides is 3. The van der Waals surface area contributed by atoms with Crippen molar-refractivity contribution in [3.05, 3.63) is 87.9 Å². The summed E-state index contributed by atoms with van der Waals surface area (Å²) >= 11 is 3.39. The van der Waals surface area contributed by atoms with E-state index in [0.717, 1.165) is 12.1 Å². The summed E-state index contributed by atoms with van der Waals surface area (Å²) in [6.45, 7) is 3.80. The lowest BCUT2D eigenvalue weighted by Crippen LogP contribution is -2.14. The Labute approximate surface area is 197 Å². The van der Waals surface area contributed by atoms with Gasteiger partial charge in [0.2, 0.25) is 0 Å². The minimum absolute atomic E-state index is 0.00901. The highest BCUT2D eigenvalue weighted by atomic mass is 79.9. The topological polar surface area (TPSA) is 67.4 Å². The van der Waals surface area contributed by atoms with Gasteiger partial charge in [0.25, 0.3) is 11.8 Å². The lowest BCUT2D eigenvalue weighted by Gasteiger charge is -2.13. The average Bonchev–Trinajstić information content (AvgIpc) is 2.75. The largest absolute Gasteiger partial charge is 0.490 e. The molecular formula is C24H20BrF3N2O3. The van der Waals surface area contributed by atoms with Crippen molar-refractivity contribution in [1.29, 1.82) is 0 Å². The van der Waals surface area contributed by atoms with Crippen LogP contribution in [0, 0.1) is 0 Å². The Balaban J connectivity index is 1.65. The van der Waals surface area contributed by atoms with Gasteiger partial charge in [-0.15, -0.1) is 0 Å². The SMILES string of the molecule is CC(C)Oc1ccc(C(=O)Nc2ccc(C(=O)Nc3cccc(C(F)(F)F)c3)cc2)cc1Br. The number of amides is 2. The third-order valence-corrected chi connectivity index (χ3v) is 5.03. The lowest BCUT2D eigenvalue weighted by molar-refractivity contribution is -0.137. The quantitative estimate of drug-likeness (QED) is 0.377. The predicted molar refractivity (Wildman–Crippen MR) is 124 cm³/mol. The third-order valence-electron chi connectivity index (χ3n) is 4.41. The highest BCUT2D eigenvalue weighted by Crippen LogP contribution is 2.31. The molecule has 0 unspecified atom stereocenters. The molecule has 0 aromatic heterocycles. The molecule has 0 bridgehead atoms. The fourth-order valence-corrected chi connectivity index (χ4v) is 3.35. The normalized spacial score (nSPS) is 11.2. The van der Waals surface area contributed by atoms with Gasteiger partial charge >= 0.3 is 6.18 Å². The Morgan fingerprint density at radius 2 is 1.45 bits per heavy atom. The van der Waals surface area contributed by atoms with Gasteiger partial charge in [-0.05, 0) is 90.4 Å². The molecule has 2 amide bonds. The minimum atomic E-state index is -4.50. The highest BCUT2D eigenvalue weighted by molar-refractivity contribution is 9.10. The number of hydrogen-bond acceptors (Lipinski definition) is 3. The Hall–Kier alpha value is -3.33. The van der Waals surface area contributed by atoms with E-state index in [4.69, 9.17) is 4.74 Å². The van der Waals surface area contributed by atoms with Gasteiger partial charge in [0.05, 0.1) is 16.1 Å². The molecule has 0 aliphatic heterocycles. The molecule has 5 nitrogen and oxygen atoms in total. The van der Waals surface area contributed by atoms with E-state index in [1.165, 1.54) is 36.4 Å². The molecular weight excluding hydrogens is 501 g/mol. The number of carbonyl (C=O) groups excluding carboxylic acids is 2. The molecule has 9 heteroatoms. The van der Waals surface area contributed by atoms with Gasteiger partial charge in [-0.3, -0.25) is 9.59 Å². The van der Waals surface area contributed by atoms with Gasteiger partial charge in [0, 0.05) is 22.5 Å². The summed E-state index contributed by atoms with van der Waals surface area (Å²) in [5.74, 6) is -0.303. The molecule has 0 saturated carbocycles. The Bertz CT molecular complexity index is 1160. The van der Waals surface area contributed by atoms with Crippen LogP contribution in [0.5, 0.6) is 5.75 Å². The van der Waals surface area contributed by atoms with Gasteiger partial charge in [0.1, 0.15) is 5.75 Å². The number of anilines is 2. The van der Waals surface area contributed by atoms with Crippen molar-refractivity contribution in [2.75, 3.05) is 10.6 Å². The van der Waals surface area contributed by atoms with Crippen molar-refractivity contribution < 1.29 is 27.5 Å². The van der Waals surface area contributed by atoms with E-state index in [0.29, 0.717) is 21.5 Å². The van der Waals surface area contributed by atoms with Crippen LogP contribution >= 0.6 is 15.9 Å². The molecule has 0 aliphatic carbocycles. The third kappa shape index (κ3) is 6.58. The zero-order valence-electron chi connectivity index (χ0n) is 17.7. The number of ether oxygens (including phenoxy) is 1. The average molecular weight is 521 g/mol. The van der Waals surface area contributed by atoms with Crippen LogP contribution in [-0.4, -0.2) is 17.9 Å². The first-order valence-electron chi connectivity index (χ1n) is 9.89. The Kier molecular flexibility index (Phi) is 7.43. The maximum Gasteiger partial charge on any atom is 0.416 e. The fourth-order valence-electron chi connectivity index (χ4n) is 2.88. The van der Waals surface area contributed by atoms with Gasteiger partial charge in [-0.1, -0.05) is 6.07 Å². The molecule has 0 atom stereocenters. The maximum atomic E-state index is 12.8. The Morgan fingerprint density at radius 3 is 2.06 bits per heavy atom. The molecule has 0 aliphatic rings. The second-order valence-electron chi connectivity index (χ2n) is 7.38. The van der Waals surface area contributed by atoms with E-state index in [2.05, 4.69) is 26.6 Å². The van der Waals surface area contributed by atoms with Crippen LogP contribution in [-0.2, 0) is 6.18 Å². The molecule has 33 heavy (non-hydrogen) atoms. The van der Waals surface area contributed by atoms with Crippen LogP contribution in [0.25, 0.3) is 0 Å². The lowest BCUT2D eigenvalue weighted by atomic mass is 10.1. The predicted octanol–water partition coefficient (Wildman–Crippen LogP) is 6.76. The van der Waals surface area contributed by atoms with Crippen LogP contribution in [0.3, 0.4) is 0 Å². The molecule has 3 aromatic carbocycles. The van der Waals surface area contributed by atoms with E-state index in [9.17, 15) is 22.8 Å². The van der Waals surface area contributed by atoms with Crippen LogP contribution in [0.2, 0.25) is 0 Å². The smallest absolute Gasteiger partial charge is 0.416 e. The first kappa shape index (κ1) is 24.3. The van der Waals surface area contributed by atoms with Gasteiger partial charge < -0.3 is 15.4 Å². The van der Waals surface area contributed by atoms with Crippen molar-refractivity contribution in [1.82, 2.24) is 0 Å². The van der Waals surface area contributed by atoms with Crippen molar-refractivity contribution in [3.63, 3.8) is 0 Å². The molecule has 0 fully saturated rings. The second-order valence-corrected chi connectivity index (χ2v) is 8.23. The molecule has 172 valence electrons. The first-order chi connectivity index (χ1) is 15.5. The number of rotatable bonds is 6. The molecule has 3 rings (SSSR count). The van der Waals surface area contributed by atoms with Crippen molar-refractivity contribution in [3.8, 4) is 5.75 Å². The molecule has 0 radical (unpaired) electrons. The van der Waals surface area contributed by atoms with Crippen LogP contribution in [0.1, 0.15) is 40.1 Å². The number of benzene rings is 3. The summed E-state index contributed by atoms with van der Waals surface area (Å²) in [4.78, 5) is 24.9. The van der Waals surface area contributed by atoms with Crippen LogP contribution in [0.15, 0.2) is 71.2 Å². The molecule has 3 aromatic rings. The van der Waals surface area contributed by atoms with Crippen molar-refractivity contribution >= 4 is 39.1 Å². The van der Waals surface area contributed by atoms with Crippen LogP contribution < -0.4 is 15.4 Å². The summed E-state index contributed by atoms with van der Waals surface area (Å²) in [5.41, 5.74) is 0.262. The molecule has 2 N–H and O–H groups in total. The number of hydrogen-bond donors (Lipinski definition) is 2. The summed E-state index contributed by atoms with van der Waals surface area (Å²) in [6.07, 6.45) is -4.51. The van der Waals surface area contributed by atoms with Gasteiger partial charge in [0.15, 0.2) is 0 Å². The standard InChI is InChI=1S/C24H20BrF3N2O3/c1-14(2)33-21-11-8-16(12-20(21)25)23(32)29-18-9-6-15(7-10-18)22(31)30-19-5-3-4-17(13-19)24(26,27)28/h3-14H,1-2H3,(H,29,32)(H,30,31). The van der Waals surface area contributed by atoms with Gasteiger partial charge in [-0.25, -0.2) is 0 Å². The monoisotopic (exact) mass is 520 g/mol. The number of halogens is 4. The fraction of sp³-hybridized carbons (Fsp3) is 0.167. The summed E-state index contributed by atoms with van der Waals surface area (Å²) < 4.78 is 44.8. The highest BCUT2D eigenvalue weighted by Gasteiger charge is 2.30. The molecule has 0 heterocycles. The van der Waals surface area contributed by atoms with E-state index < -0.39 is 17.6 Å². The van der Waals surface area contributed by atoms with Gasteiger partial charge in [-0.2, -0.15) is 13.2 Å². The van der Waals surface area contributed by atoms with Crippen LogP contribution in [0.4, 0.5) is 24.5 Å². The molecule has 0 spiro atoms. The minimum Gasteiger partial charge on any atom is -0.490 e. The molecule has 0 saturated heterocycles. The van der Waals surface area contributed by atoms with E-state index in [1.807, 2.05) is 13.8 Å². The number of carbonyl (C=O) groups is 2. The zero-order chi connectivity index (χ0) is 24.2. The van der Waals surface area contributed by atoms with E-state index in [-0.39, 0.29) is 23.3 Å². The second kappa shape index (κ2) is 10.1. The maximum absolute atomic E-state index is 12.8. The summed E-state index contributed by atoms with van der Waals surface area (Å²) in [7, 11) is 0. The van der Waals surface area contributed by atoms with Crippen molar-refractivity contribution in [2.24, 2.45) is 0 Å². The Morgan fingerprint density at radius 1 is 0.848 bits per heavy atom. The van der Waals surface area contributed by atoms with E-state index >= 15 is 0 Å². The zero-order valence-corrected chi connectivity index (χ0v) is 19.3. The first-order valence-corrected chi connectivity index (χ1v) is 10.7. The van der Waals surface area contributed by atoms with Crippen molar-refractivity contribution in [2.45, 2.75) is 26.1 Å². The van der Waals surface area contributed by atoms with E-state index in [1.54, 1.807) is 18.2 Å². The summed E-state index contributed by atoms with van der Waals surface area (Å²) in [5, 5.41) is 5.17. The summed E-state index contributed by atoms with van der Waals surface area (Å²) in [6, 6.07) is 15.3. The number of nitrogens with one attached hydrogen (secondary N) is 2.